The number of nitrogens with two attached hydrogens (primary N) is 1. The molecule has 1 heterocycles. The molecule has 0 spiro atoms. The highest BCUT2D eigenvalue weighted by Crippen LogP contribution is 2.37. The largest absolute Gasteiger partial charge is 0.505 e. The molecule has 1 aromatic heterocycles. The van der Waals surface area contributed by atoms with Gasteiger partial charge < -0.3 is 25.7 Å². The molecule has 10 nitrogen and oxygen atoms in total. The molecule has 0 bridgehead atoms. The molecule has 0 aliphatic carbocycles. The van der Waals surface area contributed by atoms with Crippen molar-refractivity contribution < 1.29 is 33.9 Å². The van der Waals surface area contributed by atoms with Crippen LogP contribution in [0.25, 0.3) is 0 Å². The van der Waals surface area contributed by atoms with Crippen molar-refractivity contribution in [3.05, 3.63) is 29.4 Å². The minimum absolute atomic E-state index is 0.150. The van der Waals surface area contributed by atoms with E-state index in [0.29, 0.717) is 19.4 Å². The quantitative estimate of drug-likeness (QED) is 0.289. The smallest absolute Gasteiger partial charge is 0.469 e. The number of rotatable bonds is 10. The van der Waals surface area contributed by atoms with Gasteiger partial charge in [-0.1, -0.05) is 0 Å². The SMILES string of the molecule is Cc1ncc(COP(=O)(O)O)c(C=N[C@@H]([CH]C(=O)O)CCCN)c1O. The van der Waals surface area contributed by atoms with E-state index in [9.17, 15) is 14.5 Å². The van der Waals surface area contributed by atoms with Crippen molar-refractivity contribution in [2.45, 2.75) is 32.4 Å². The molecule has 1 aromatic rings. The predicted octanol–water partition coefficient (Wildman–Crippen LogP) is 0.520. The number of carbonyl (C=O) groups is 1. The van der Waals surface area contributed by atoms with Gasteiger partial charge in [-0.15, -0.1) is 0 Å². The van der Waals surface area contributed by atoms with Crippen LogP contribution < -0.4 is 5.73 Å². The molecular weight excluding hydrogens is 353 g/mol. The number of phosphoric acid groups is 1. The van der Waals surface area contributed by atoms with Crippen molar-refractivity contribution in [2.75, 3.05) is 6.54 Å². The Hall–Kier alpha value is -1.84. The number of carboxylic acid groups (broad SMARTS) is 1. The first-order valence-electron chi connectivity index (χ1n) is 7.32. The lowest BCUT2D eigenvalue weighted by atomic mass is 10.1. The van der Waals surface area contributed by atoms with Crippen LogP contribution in [0.1, 0.15) is 29.7 Å². The third kappa shape index (κ3) is 7.72. The minimum atomic E-state index is -4.70. The number of aliphatic carboxylic acids is 1. The molecule has 0 aliphatic heterocycles. The molecule has 0 aromatic carbocycles. The highest BCUT2D eigenvalue weighted by molar-refractivity contribution is 7.46. The summed E-state index contributed by atoms with van der Waals surface area (Å²) in [7, 11) is -4.70. The summed E-state index contributed by atoms with van der Waals surface area (Å²) in [5, 5.41) is 19.0. The van der Waals surface area contributed by atoms with E-state index < -0.39 is 26.4 Å². The van der Waals surface area contributed by atoms with Gasteiger partial charge in [0.1, 0.15) is 5.75 Å². The van der Waals surface area contributed by atoms with E-state index in [1.165, 1.54) is 19.3 Å². The van der Waals surface area contributed by atoms with Crippen LogP contribution in [0.4, 0.5) is 0 Å². The van der Waals surface area contributed by atoms with Crippen molar-refractivity contribution in [3.8, 4) is 5.75 Å². The van der Waals surface area contributed by atoms with Gasteiger partial charge in [-0.3, -0.25) is 19.3 Å². The third-order valence-corrected chi connectivity index (χ3v) is 3.65. The summed E-state index contributed by atoms with van der Waals surface area (Å²) >= 11 is 0. The van der Waals surface area contributed by atoms with Crippen LogP contribution in [0.3, 0.4) is 0 Å². The lowest BCUT2D eigenvalue weighted by Crippen LogP contribution is -2.15. The Morgan fingerprint density at radius 1 is 1.52 bits per heavy atom. The fraction of sp³-hybridized carbons (Fsp3) is 0.429. The number of aryl methyl sites for hydroxylation is 1. The van der Waals surface area contributed by atoms with Crippen LogP contribution in [0.2, 0.25) is 0 Å². The van der Waals surface area contributed by atoms with Gasteiger partial charge in [0.15, 0.2) is 0 Å². The van der Waals surface area contributed by atoms with Crippen molar-refractivity contribution in [3.63, 3.8) is 0 Å². The molecule has 0 saturated heterocycles. The first kappa shape index (κ1) is 21.2. The summed E-state index contributed by atoms with van der Waals surface area (Å²) in [6.45, 7) is 1.42. The van der Waals surface area contributed by atoms with Gasteiger partial charge in [0, 0.05) is 23.5 Å². The maximum atomic E-state index is 10.9. The summed E-state index contributed by atoms with van der Waals surface area (Å²) in [5.74, 6) is -1.37. The van der Waals surface area contributed by atoms with Gasteiger partial charge in [-0.25, -0.2) is 4.57 Å². The number of pyridine rings is 1. The molecule has 1 radical (unpaired) electrons. The Morgan fingerprint density at radius 3 is 2.76 bits per heavy atom. The number of aliphatic imine (C=N–C) groups is 1. The van der Waals surface area contributed by atoms with Crippen molar-refractivity contribution in [2.24, 2.45) is 10.7 Å². The topological polar surface area (TPSA) is 176 Å². The average Bonchev–Trinajstić information content (AvgIpc) is 2.51. The summed E-state index contributed by atoms with van der Waals surface area (Å²) in [6.07, 6.45) is 4.49. The van der Waals surface area contributed by atoms with E-state index in [1.807, 2.05) is 0 Å². The lowest BCUT2D eigenvalue weighted by Gasteiger charge is -2.12. The average molecular weight is 374 g/mol. The number of phosphoric ester groups is 1. The Balaban J connectivity index is 3.08. The van der Waals surface area contributed by atoms with Crippen LogP contribution >= 0.6 is 7.82 Å². The third-order valence-electron chi connectivity index (χ3n) is 3.18. The van der Waals surface area contributed by atoms with Crippen LogP contribution in [0.5, 0.6) is 5.75 Å². The Labute approximate surface area is 144 Å². The number of nitrogens with zero attached hydrogens (tertiary/aromatic N) is 2. The van der Waals surface area contributed by atoms with Crippen LogP contribution in [0.15, 0.2) is 11.2 Å². The monoisotopic (exact) mass is 374 g/mol. The molecular formula is C14H21N3O7P. The summed E-state index contributed by atoms with van der Waals surface area (Å²) in [4.78, 5) is 36.5. The molecule has 0 amide bonds. The molecule has 1 rings (SSSR count). The molecule has 25 heavy (non-hydrogen) atoms. The van der Waals surface area contributed by atoms with Crippen molar-refractivity contribution in [1.82, 2.24) is 4.98 Å². The maximum Gasteiger partial charge on any atom is 0.469 e. The summed E-state index contributed by atoms with van der Waals surface area (Å²) < 4.78 is 15.3. The van der Waals surface area contributed by atoms with Gasteiger partial charge in [-0.2, -0.15) is 0 Å². The first-order valence-corrected chi connectivity index (χ1v) is 8.85. The van der Waals surface area contributed by atoms with Crippen LogP contribution in [-0.4, -0.2) is 49.8 Å². The molecule has 0 aliphatic rings. The fourth-order valence-corrected chi connectivity index (χ4v) is 2.24. The molecule has 6 N–H and O–H groups in total. The van der Waals surface area contributed by atoms with E-state index in [2.05, 4.69) is 14.5 Å². The van der Waals surface area contributed by atoms with Gasteiger partial charge in [-0.05, 0) is 26.3 Å². The van der Waals surface area contributed by atoms with Crippen LogP contribution in [-0.2, 0) is 20.5 Å². The standard InChI is InChI=1S/C14H21N3O7P/c1-9-14(20)12(10(6-16-9)8-24-25(21,22)23)7-17-11(3-2-4-15)5-13(18)19/h5-7,11,20H,2-4,8,15H2,1H3,(H,18,19)(H2,21,22,23)/t11-/m1/s1. The normalized spacial score (nSPS) is 13.3. The summed E-state index contributed by atoms with van der Waals surface area (Å²) in [5.41, 5.74) is 6.04. The van der Waals surface area contributed by atoms with Crippen molar-refractivity contribution >= 4 is 20.0 Å². The molecule has 0 unspecified atom stereocenters. The van der Waals surface area contributed by atoms with E-state index >= 15 is 0 Å². The predicted molar refractivity (Wildman–Crippen MR) is 89.1 cm³/mol. The molecule has 1 atom stereocenters. The molecule has 11 heteroatoms. The fourth-order valence-electron chi connectivity index (χ4n) is 1.93. The second-order valence-electron chi connectivity index (χ2n) is 5.18. The van der Waals surface area contributed by atoms with Crippen LogP contribution in [0, 0.1) is 13.3 Å². The van der Waals surface area contributed by atoms with Gasteiger partial charge in [0.2, 0.25) is 0 Å². The first-order chi connectivity index (χ1) is 11.6. The molecule has 0 fully saturated rings. The Kier molecular flexibility index (Phi) is 8.14. The lowest BCUT2D eigenvalue weighted by molar-refractivity contribution is -0.133. The Morgan fingerprint density at radius 2 is 2.20 bits per heavy atom. The molecule has 139 valence electrons. The van der Waals surface area contributed by atoms with E-state index in [1.54, 1.807) is 0 Å². The van der Waals surface area contributed by atoms with E-state index in [4.69, 9.17) is 20.6 Å². The van der Waals surface area contributed by atoms with E-state index in [0.717, 1.165) is 6.42 Å². The second-order valence-corrected chi connectivity index (χ2v) is 6.42. The number of hydrogen-bond donors (Lipinski definition) is 5. The minimum Gasteiger partial charge on any atom is -0.505 e. The summed E-state index contributed by atoms with van der Waals surface area (Å²) in [6, 6.07) is -0.663. The number of hydrogen-bond acceptors (Lipinski definition) is 7. The number of carboxylic acids is 1. The Bertz CT molecular complexity index is 675. The number of aromatic nitrogens is 1. The molecule has 0 saturated carbocycles. The zero-order chi connectivity index (χ0) is 19.0. The van der Waals surface area contributed by atoms with E-state index in [-0.39, 0.29) is 22.6 Å². The highest BCUT2D eigenvalue weighted by Gasteiger charge is 2.18. The van der Waals surface area contributed by atoms with Gasteiger partial charge >= 0.3 is 13.8 Å². The zero-order valence-corrected chi connectivity index (χ0v) is 14.5. The van der Waals surface area contributed by atoms with Crippen molar-refractivity contribution in [1.29, 1.82) is 0 Å². The zero-order valence-electron chi connectivity index (χ0n) is 13.6. The highest BCUT2D eigenvalue weighted by atomic mass is 31.2. The second kappa shape index (κ2) is 9.59. The maximum absolute atomic E-state index is 10.9. The van der Waals surface area contributed by atoms with Gasteiger partial charge in [0.05, 0.1) is 24.8 Å². The van der Waals surface area contributed by atoms with Gasteiger partial charge in [0.25, 0.3) is 0 Å². The number of aromatic hydroxyl groups is 1.